The maximum absolute atomic E-state index is 14.4. The lowest BCUT2D eigenvalue weighted by atomic mass is 10.2. The lowest BCUT2D eigenvalue weighted by Crippen LogP contribution is -2.47. The smallest absolute Gasteiger partial charge is 0.186 e. The summed E-state index contributed by atoms with van der Waals surface area (Å²) in [6.45, 7) is 6.19. The van der Waals surface area contributed by atoms with Crippen LogP contribution in [0.4, 0.5) is 16.0 Å². The molecule has 0 N–H and O–H groups in total. The number of aryl methyl sites for hydroxylation is 3. The van der Waals surface area contributed by atoms with Crippen LogP contribution in [0, 0.1) is 19.7 Å². The van der Waals surface area contributed by atoms with Crippen molar-refractivity contribution in [3.8, 4) is 0 Å². The van der Waals surface area contributed by atoms with Crippen LogP contribution in [0.2, 0.25) is 0 Å². The quantitative estimate of drug-likeness (QED) is 0.693. The van der Waals surface area contributed by atoms with Gasteiger partial charge in [-0.05, 0) is 13.8 Å². The summed E-state index contributed by atoms with van der Waals surface area (Å²) in [6, 6.07) is 0. The maximum Gasteiger partial charge on any atom is 0.186 e. The zero-order valence-electron chi connectivity index (χ0n) is 14.4. The topological polar surface area (TPSA) is 75.9 Å². The van der Waals surface area contributed by atoms with Crippen LogP contribution in [-0.2, 0) is 7.05 Å². The van der Waals surface area contributed by atoms with Crippen LogP contribution in [0.3, 0.4) is 0 Å². The summed E-state index contributed by atoms with van der Waals surface area (Å²) < 4.78 is 16.3. The molecule has 1 aliphatic heterocycles. The van der Waals surface area contributed by atoms with Gasteiger partial charge in [-0.2, -0.15) is 0 Å². The van der Waals surface area contributed by atoms with Gasteiger partial charge in [0, 0.05) is 33.2 Å². The average Bonchev–Trinajstić information content (AvgIpc) is 3.00. The van der Waals surface area contributed by atoms with E-state index in [-0.39, 0.29) is 5.82 Å². The Morgan fingerprint density at radius 2 is 1.60 bits per heavy atom. The Balaban J connectivity index is 1.57. The molecule has 0 radical (unpaired) electrons. The van der Waals surface area contributed by atoms with E-state index >= 15 is 0 Å². The molecule has 0 spiro atoms. The second-order valence-electron chi connectivity index (χ2n) is 6.19. The highest BCUT2D eigenvalue weighted by Crippen LogP contribution is 2.25. The van der Waals surface area contributed by atoms with Crippen LogP contribution in [0.15, 0.2) is 12.7 Å². The van der Waals surface area contributed by atoms with E-state index in [9.17, 15) is 4.39 Å². The van der Waals surface area contributed by atoms with Crippen molar-refractivity contribution in [1.29, 1.82) is 0 Å². The molecule has 130 valence electrons. The summed E-state index contributed by atoms with van der Waals surface area (Å²) in [5.41, 5.74) is 1.98. The van der Waals surface area contributed by atoms with Crippen LogP contribution < -0.4 is 9.80 Å². The van der Waals surface area contributed by atoms with Gasteiger partial charge in [-0.15, -0.1) is 0 Å². The minimum atomic E-state index is -0.340. The molecule has 3 aromatic rings. The molecule has 3 aromatic heterocycles. The van der Waals surface area contributed by atoms with E-state index in [1.807, 2.05) is 16.5 Å². The average molecular weight is 342 g/mol. The van der Waals surface area contributed by atoms with E-state index in [1.54, 1.807) is 26.5 Å². The first-order chi connectivity index (χ1) is 12.0. The molecule has 0 aliphatic carbocycles. The van der Waals surface area contributed by atoms with Gasteiger partial charge in [0.2, 0.25) is 0 Å². The highest BCUT2D eigenvalue weighted by molar-refractivity contribution is 5.83. The molecule has 0 saturated carbocycles. The monoisotopic (exact) mass is 342 g/mol. The van der Waals surface area contributed by atoms with Crippen LogP contribution in [0.1, 0.15) is 11.5 Å². The molecule has 0 amide bonds. The molecule has 4 heterocycles. The van der Waals surface area contributed by atoms with Crippen molar-refractivity contribution >= 4 is 22.8 Å². The minimum Gasteiger partial charge on any atom is -0.351 e. The van der Waals surface area contributed by atoms with E-state index in [1.165, 1.54) is 0 Å². The number of hydrogen-bond acceptors (Lipinski definition) is 7. The largest absolute Gasteiger partial charge is 0.351 e. The van der Waals surface area contributed by atoms with Crippen molar-refractivity contribution < 1.29 is 4.39 Å². The van der Waals surface area contributed by atoms with Crippen molar-refractivity contribution in [2.75, 3.05) is 36.0 Å². The van der Waals surface area contributed by atoms with Gasteiger partial charge in [-0.1, -0.05) is 0 Å². The van der Waals surface area contributed by atoms with Crippen molar-refractivity contribution in [2.24, 2.45) is 7.05 Å². The molecule has 8 nitrogen and oxygen atoms in total. The van der Waals surface area contributed by atoms with Gasteiger partial charge in [0.25, 0.3) is 0 Å². The Kier molecular flexibility index (Phi) is 3.70. The molecule has 0 atom stereocenters. The molecule has 1 fully saturated rings. The summed E-state index contributed by atoms with van der Waals surface area (Å²) >= 11 is 0. The summed E-state index contributed by atoms with van der Waals surface area (Å²) in [5, 5.41) is 0. The van der Waals surface area contributed by atoms with Gasteiger partial charge in [-0.25, -0.2) is 29.3 Å². The molecular weight excluding hydrogens is 323 g/mol. The number of rotatable bonds is 2. The standard InChI is InChI=1S/C16H19FN8/c1-10-12(17)14(22-11(2)21-10)24-4-6-25(7-5-24)16-13-15(18-8-19-16)23(3)9-20-13/h8-9H,4-7H2,1-3H3. The van der Waals surface area contributed by atoms with Gasteiger partial charge in [0.15, 0.2) is 28.6 Å². The highest BCUT2D eigenvalue weighted by Gasteiger charge is 2.24. The number of imidazole rings is 1. The number of nitrogens with zero attached hydrogens (tertiary/aromatic N) is 8. The number of halogens is 1. The fourth-order valence-corrected chi connectivity index (χ4v) is 3.19. The van der Waals surface area contributed by atoms with Crippen LogP contribution in [0.5, 0.6) is 0 Å². The molecule has 25 heavy (non-hydrogen) atoms. The number of anilines is 2. The Bertz CT molecular complexity index is 929. The zero-order valence-corrected chi connectivity index (χ0v) is 14.4. The highest BCUT2D eigenvalue weighted by atomic mass is 19.1. The Morgan fingerprint density at radius 3 is 2.32 bits per heavy atom. The molecule has 1 saturated heterocycles. The predicted molar refractivity (Wildman–Crippen MR) is 92.2 cm³/mol. The third kappa shape index (κ3) is 2.65. The third-order valence-electron chi connectivity index (χ3n) is 4.47. The van der Waals surface area contributed by atoms with Crippen molar-refractivity contribution in [2.45, 2.75) is 13.8 Å². The molecular formula is C16H19FN8. The number of hydrogen-bond donors (Lipinski definition) is 0. The summed E-state index contributed by atoms with van der Waals surface area (Å²) in [7, 11) is 1.91. The Hall–Kier alpha value is -2.84. The van der Waals surface area contributed by atoms with Gasteiger partial charge in [0.05, 0.1) is 12.0 Å². The molecule has 0 aromatic carbocycles. The van der Waals surface area contributed by atoms with Crippen LogP contribution in [0.25, 0.3) is 11.2 Å². The molecule has 0 bridgehead atoms. The van der Waals surface area contributed by atoms with E-state index in [0.29, 0.717) is 43.5 Å². The molecule has 4 rings (SSSR count). The maximum atomic E-state index is 14.4. The first-order valence-electron chi connectivity index (χ1n) is 8.17. The fourth-order valence-electron chi connectivity index (χ4n) is 3.19. The zero-order chi connectivity index (χ0) is 17.6. The lowest BCUT2D eigenvalue weighted by molar-refractivity contribution is 0.571. The normalized spacial score (nSPS) is 15.2. The first kappa shape index (κ1) is 15.7. The van der Waals surface area contributed by atoms with Gasteiger partial charge in [-0.3, -0.25) is 0 Å². The van der Waals surface area contributed by atoms with Crippen LogP contribution >= 0.6 is 0 Å². The third-order valence-corrected chi connectivity index (χ3v) is 4.47. The van der Waals surface area contributed by atoms with Gasteiger partial charge < -0.3 is 14.4 Å². The number of aromatic nitrogens is 6. The van der Waals surface area contributed by atoms with Gasteiger partial charge >= 0.3 is 0 Å². The number of fused-ring (bicyclic) bond motifs is 1. The predicted octanol–water partition coefficient (Wildman–Crippen LogP) is 1.24. The SMILES string of the molecule is Cc1nc(C)c(F)c(N2CCN(c3ncnc4c3ncn4C)CC2)n1. The first-order valence-corrected chi connectivity index (χ1v) is 8.17. The van der Waals surface area contributed by atoms with E-state index in [2.05, 4.69) is 29.8 Å². The van der Waals surface area contributed by atoms with E-state index in [4.69, 9.17) is 0 Å². The van der Waals surface area contributed by atoms with Crippen molar-refractivity contribution in [3.05, 3.63) is 30.0 Å². The second-order valence-corrected chi connectivity index (χ2v) is 6.19. The Morgan fingerprint density at radius 1 is 0.920 bits per heavy atom. The van der Waals surface area contributed by atoms with Crippen LogP contribution in [-0.4, -0.2) is 55.7 Å². The Labute approximate surface area is 144 Å². The van der Waals surface area contributed by atoms with E-state index in [0.717, 1.165) is 17.0 Å². The van der Waals surface area contributed by atoms with Gasteiger partial charge in [0.1, 0.15) is 12.2 Å². The minimum absolute atomic E-state index is 0.340. The molecule has 9 heteroatoms. The lowest BCUT2D eigenvalue weighted by Gasteiger charge is -2.36. The second kappa shape index (κ2) is 5.91. The summed E-state index contributed by atoms with van der Waals surface area (Å²) in [4.78, 5) is 25.6. The van der Waals surface area contributed by atoms with E-state index < -0.39 is 0 Å². The number of piperazine rings is 1. The summed E-state index contributed by atoms with van der Waals surface area (Å²) in [6.07, 6.45) is 3.30. The summed E-state index contributed by atoms with van der Waals surface area (Å²) in [5.74, 6) is 1.45. The molecule has 1 aliphatic rings. The molecule has 0 unspecified atom stereocenters. The fraction of sp³-hybridized carbons (Fsp3) is 0.438. The van der Waals surface area contributed by atoms with Crippen molar-refractivity contribution in [3.63, 3.8) is 0 Å². The van der Waals surface area contributed by atoms with Crippen molar-refractivity contribution in [1.82, 2.24) is 29.5 Å².